The molecule has 2 aromatic rings. The van der Waals surface area contributed by atoms with Gasteiger partial charge in [0, 0.05) is 18.2 Å². The Morgan fingerprint density at radius 3 is 2.36 bits per heavy atom. The number of carbonyl (C=O) groups is 2. The van der Waals surface area contributed by atoms with Crippen LogP contribution in [0.1, 0.15) is 27.5 Å². The highest BCUT2D eigenvalue weighted by Crippen LogP contribution is 2.26. The van der Waals surface area contributed by atoms with Crippen molar-refractivity contribution in [2.45, 2.75) is 6.04 Å². The quantitative estimate of drug-likeness (QED) is 0.800. The Bertz CT molecular complexity index is 844. The lowest BCUT2D eigenvalue weighted by molar-refractivity contribution is -0.146. The molecule has 0 N–H and O–H groups in total. The van der Waals surface area contributed by atoms with E-state index in [2.05, 4.69) is 4.74 Å². The number of carbonyl (C=O) groups excluding carboxylic acids is 2. The number of rotatable bonds is 4. The normalized spacial score (nSPS) is 11.3. The molecular formula is C18H14F2N2O3. The number of amides is 1. The molecule has 0 radical (unpaired) electrons. The Kier molecular flexibility index (Phi) is 5.45. The lowest BCUT2D eigenvalue weighted by Crippen LogP contribution is -2.37. The lowest BCUT2D eigenvalue weighted by atomic mass is 10.0. The summed E-state index contributed by atoms with van der Waals surface area (Å²) in [6.45, 7) is 0. The number of ether oxygens (including phenoxy) is 1. The van der Waals surface area contributed by atoms with Gasteiger partial charge in [0.1, 0.15) is 11.6 Å². The van der Waals surface area contributed by atoms with Crippen LogP contribution < -0.4 is 0 Å². The van der Waals surface area contributed by atoms with Crippen LogP contribution in [0.25, 0.3) is 0 Å². The van der Waals surface area contributed by atoms with E-state index in [0.717, 1.165) is 30.2 Å². The van der Waals surface area contributed by atoms with E-state index in [-0.39, 0.29) is 11.1 Å². The predicted molar refractivity (Wildman–Crippen MR) is 84.4 cm³/mol. The molecule has 128 valence electrons. The third kappa shape index (κ3) is 3.80. The van der Waals surface area contributed by atoms with Crippen LogP contribution in [0.2, 0.25) is 0 Å². The summed E-state index contributed by atoms with van der Waals surface area (Å²) in [7, 11) is 2.37. The molecule has 0 fully saturated rings. The van der Waals surface area contributed by atoms with Gasteiger partial charge in [-0.25, -0.2) is 13.6 Å². The molecule has 0 saturated carbocycles. The Balaban J connectivity index is 2.43. The molecular weight excluding hydrogens is 330 g/mol. The number of nitriles is 1. The number of methoxy groups -OCH3 is 1. The molecule has 0 aromatic heterocycles. The van der Waals surface area contributed by atoms with E-state index in [0.29, 0.717) is 5.56 Å². The van der Waals surface area contributed by atoms with Crippen molar-refractivity contribution >= 4 is 11.9 Å². The monoisotopic (exact) mass is 344 g/mol. The van der Waals surface area contributed by atoms with E-state index in [9.17, 15) is 18.4 Å². The first-order chi connectivity index (χ1) is 11.9. The molecule has 2 rings (SSSR count). The van der Waals surface area contributed by atoms with Gasteiger partial charge >= 0.3 is 5.97 Å². The van der Waals surface area contributed by atoms with E-state index in [4.69, 9.17) is 5.26 Å². The first-order valence-corrected chi connectivity index (χ1v) is 7.19. The van der Waals surface area contributed by atoms with Crippen LogP contribution in [0.15, 0.2) is 42.5 Å². The fourth-order valence-electron chi connectivity index (χ4n) is 2.34. The second-order valence-electron chi connectivity index (χ2n) is 5.20. The molecule has 1 unspecified atom stereocenters. The molecule has 0 saturated heterocycles. The van der Waals surface area contributed by atoms with Crippen molar-refractivity contribution in [2.24, 2.45) is 0 Å². The second kappa shape index (κ2) is 7.53. The van der Waals surface area contributed by atoms with Crippen molar-refractivity contribution < 1.29 is 23.1 Å². The Hall–Kier alpha value is -3.27. The molecule has 5 nitrogen and oxygen atoms in total. The fraction of sp³-hybridized carbons (Fsp3) is 0.167. The molecule has 0 bridgehead atoms. The van der Waals surface area contributed by atoms with Gasteiger partial charge in [0.15, 0.2) is 6.04 Å². The summed E-state index contributed by atoms with van der Waals surface area (Å²) in [4.78, 5) is 25.7. The summed E-state index contributed by atoms with van der Waals surface area (Å²) in [5.74, 6) is -3.10. The standard InChI is InChI=1S/C18H14F2N2O3/c1-22(17(23)12-5-3-11(10-21)4-6-12)16(18(24)25-2)14-9-13(19)7-8-15(14)20/h3-9,16H,1-2H3. The predicted octanol–water partition coefficient (Wildman–Crippen LogP) is 2.82. The number of hydrogen-bond donors (Lipinski definition) is 0. The minimum atomic E-state index is -1.45. The smallest absolute Gasteiger partial charge is 0.333 e. The third-order valence-electron chi connectivity index (χ3n) is 3.65. The molecule has 1 amide bonds. The van der Waals surface area contributed by atoms with Gasteiger partial charge in [0.25, 0.3) is 5.91 Å². The fourth-order valence-corrected chi connectivity index (χ4v) is 2.34. The van der Waals surface area contributed by atoms with Gasteiger partial charge in [-0.05, 0) is 42.5 Å². The number of likely N-dealkylation sites (N-methyl/N-ethyl adjacent to an activating group) is 1. The number of hydrogen-bond acceptors (Lipinski definition) is 4. The maximum absolute atomic E-state index is 14.1. The average molecular weight is 344 g/mol. The van der Waals surface area contributed by atoms with Gasteiger partial charge in [-0.2, -0.15) is 5.26 Å². The van der Waals surface area contributed by atoms with Crippen LogP contribution >= 0.6 is 0 Å². The minimum Gasteiger partial charge on any atom is -0.467 e. The average Bonchev–Trinajstić information content (AvgIpc) is 2.63. The number of benzene rings is 2. The van der Waals surface area contributed by atoms with E-state index in [1.165, 1.54) is 31.3 Å². The molecule has 7 heteroatoms. The zero-order chi connectivity index (χ0) is 18.6. The van der Waals surface area contributed by atoms with E-state index >= 15 is 0 Å². The van der Waals surface area contributed by atoms with E-state index < -0.39 is 29.6 Å². The third-order valence-corrected chi connectivity index (χ3v) is 3.65. The maximum Gasteiger partial charge on any atom is 0.333 e. The Labute approximate surface area is 143 Å². The molecule has 0 spiro atoms. The number of esters is 1. The largest absolute Gasteiger partial charge is 0.467 e. The second-order valence-corrected chi connectivity index (χ2v) is 5.20. The summed E-state index contributed by atoms with van der Waals surface area (Å²) >= 11 is 0. The molecule has 25 heavy (non-hydrogen) atoms. The summed E-state index contributed by atoms with van der Waals surface area (Å²) in [5.41, 5.74) is 0.239. The van der Waals surface area contributed by atoms with Crippen LogP contribution in [0, 0.1) is 23.0 Å². The van der Waals surface area contributed by atoms with Crippen LogP contribution in [0.4, 0.5) is 8.78 Å². The van der Waals surface area contributed by atoms with Gasteiger partial charge in [-0.15, -0.1) is 0 Å². The Morgan fingerprint density at radius 1 is 1.16 bits per heavy atom. The van der Waals surface area contributed by atoms with E-state index in [1.54, 1.807) is 0 Å². The zero-order valence-corrected chi connectivity index (χ0v) is 13.5. The first kappa shape index (κ1) is 18.1. The van der Waals surface area contributed by atoms with Crippen LogP contribution in [0.5, 0.6) is 0 Å². The lowest BCUT2D eigenvalue weighted by Gasteiger charge is -2.26. The van der Waals surface area contributed by atoms with Crippen molar-refractivity contribution in [3.63, 3.8) is 0 Å². The van der Waals surface area contributed by atoms with Gasteiger partial charge in [-0.1, -0.05) is 0 Å². The topological polar surface area (TPSA) is 70.4 Å². The first-order valence-electron chi connectivity index (χ1n) is 7.19. The van der Waals surface area contributed by atoms with E-state index in [1.807, 2.05) is 6.07 Å². The summed E-state index contributed by atoms with van der Waals surface area (Å²) in [6.07, 6.45) is 0. The van der Waals surface area contributed by atoms with Gasteiger partial charge < -0.3 is 9.64 Å². The molecule has 1 atom stereocenters. The van der Waals surface area contributed by atoms with Crippen molar-refractivity contribution in [1.82, 2.24) is 4.90 Å². The zero-order valence-electron chi connectivity index (χ0n) is 13.5. The highest BCUT2D eigenvalue weighted by Gasteiger charge is 2.32. The number of nitrogens with zero attached hydrogens (tertiary/aromatic N) is 2. The molecule has 2 aromatic carbocycles. The maximum atomic E-state index is 14.1. The molecule has 0 aliphatic rings. The highest BCUT2D eigenvalue weighted by molar-refractivity contribution is 5.97. The molecule has 0 aliphatic heterocycles. The summed E-state index contributed by atoms with van der Waals surface area (Å²) in [6, 6.07) is 8.81. The van der Waals surface area contributed by atoms with Crippen LogP contribution in [0.3, 0.4) is 0 Å². The minimum absolute atomic E-state index is 0.187. The Morgan fingerprint density at radius 2 is 1.80 bits per heavy atom. The van der Waals surface area contributed by atoms with Crippen molar-refractivity contribution in [3.8, 4) is 6.07 Å². The summed E-state index contributed by atoms with van der Waals surface area (Å²) < 4.78 is 32.2. The summed E-state index contributed by atoms with van der Waals surface area (Å²) in [5, 5.41) is 8.79. The molecule has 0 aliphatic carbocycles. The highest BCUT2D eigenvalue weighted by atomic mass is 19.1. The van der Waals surface area contributed by atoms with Gasteiger partial charge in [0.2, 0.25) is 0 Å². The van der Waals surface area contributed by atoms with Crippen LogP contribution in [-0.2, 0) is 9.53 Å². The van der Waals surface area contributed by atoms with Crippen LogP contribution in [-0.4, -0.2) is 30.9 Å². The van der Waals surface area contributed by atoms with Gasteiger partial charge in [0.05, 0.1) is 18.7 Å². The van der Waals surface area contributed by atoms with Gasteiger partial charge in [-0.3, -0.25) is 4.79 Å². The van der Waals surface area contributed by atoms with Crippen molar-refractivity contribution in [3.05, 3.63) is 70.8 Å². The van der Waals surface area contributed by atoms with Crippen molar-refractivity contribution in [2.75, 3.05) is 14.2 Å². The number of halogens is 2. The SMILES string of the molecule is COC(=O)C(c1cc(F)ccc1F)N(C)C(=O)c1ccc(C#N)cc1. The van der Waals surface area contributed by atoms with Crippen molar-refractivity contribution in [1.29, 1.82) is 5.26 Å². The molecule has 0 heterocycles.